The maximum Gasteiger partial charge on any atom is 0.254 e. The van der Waals surface area contributed by atoms with Crippen molar-refractivity contribution in [1.29, 1.82) is 0 Å². The largest absolute Gasteiger partial charge is 0.310 e. The maximum atomic E-state index is 12.3. The zero-order valence-electron chi connectivity index (χ0n) is 12.9. The predicted octanol–water partition coefficient (Wildman–Crippen LogP) is 2.54. The standard InChI is InChI=1S/C16H25N3O/c1-9(2)14-10(3)17-15(18-16(14)20)11-7-12-5-6-13(8-11)19(12)4/h9,11-13H,5-8H2,1-4H3,(H,17,18,20). The molecule has 1 aromatic rings. The van der Waals surface area contributed by atoms with Crippen LogP contribution in [0, 0.1) is 6.92 Å². The first-order valence-electron chi connectivity index (χ1n) is 7.80. The van der Waals surface area contributed by atoms with E-state index in [1.165, 1.54) is 12.8 Å². The molecule has 0 spiro atoms. The number of aromatic nitrogens is 2. The molecule has 20 heavy (non-hydrogen) atoms. The molecule has 2 fully saturated rings. The average molecular weight is 275 g/mol. The van der Waals surface area contributed by atoms with E-state index in [0.29, 0.717) is 18.0 Å². The molecule has 2 bridgehead atoms. The van der Waals surface area contributed by atoms with Crippen LogP contribution in [0.2, 0.25) is 0 Å². The topological polar surface area (TPSA) is 49.0 Å². The van der Waals surface area contributed by atoms with E-state index in [2.05, 4.69) is 30.8 Å². The summed E-state index contributed by atoms with van der Waals surface area (Å²) in [6.07, 6.45) is 4.86. The summed E-state index contributed by atoms with van der Waals surface area (Å²) in [4.78, 5) is 22.6. The van der Waals surface area contributed by atoms with E-state index >= 15 is 0 Å². The summed E-state index contributed by atoms with van der Waals surface area (Å²) < 4.78 is 0. The Bertz CT molecular complexity index is 549. The second-order valence-electron chi connectivity index (χ2n) is 6.82. The molecule has 4 heteroatoms. The molecule has 2 aliphatic rings. The number of hydrogen-bond donors (Lipinski definition) is 1. The monoisotopic (exact) mass is 275 g/mol. The highest BCUT2D eigenvalue weighted by Crippen LogP contribution is 2.41. The van der Waals surface area contributed by atoms with Crippen molar-refractivity contribution in [2.45, 2.75) is 70.4 Å². The van der Waals surface area contributed by atoms with Crippen LogP contribution in [0.1, 0.15) is 68.4 Å². The van der Waals surface area contributed by atoms with Gasteiger partial charge < -0.3 is 9.88 Å². The van der Waals surface area contributed by atoms with Crippen LogP contribution in [0.25, 0.3) is 0 Å². The molecule has 2 unspecified atom stereocenters. The van der Waals surface area contributed by atoms with Gasteiger partial charge in [0.15, 0.2) is 0 Å². The first-order chi connectivity index (χ1) is 9.47. The summed E-state index contributed by atoms with van der Waals surface area (Å²) in [5.74, 6) is 1.58. The molecule has 0 radical (unpaired) electrons. The minimum atomic E-state index is 0.0637. The van der Waals surface area contributed by atoms with Crippen LogP contribution in [0.3, 0.4) is 0 Å². The minimum Gasteiger partial charge on any atom is -0.310 e. The van der Waals surface area contributed by atoms with E-state index in [4.69, 9.17) is 4.98 Å². The van der Waals surface area contributed by atoms with Crippen molar-refractivity contribution >= 4 is 0 Å². The molecular formula is C16H25N3O. The van der Waals surface area contributed by atoms with Crippen LogP contribution in [0.15, 0.2) is 4.79 Å². The number of aryl methyl sites for hydroxylation is 1. The second-order valence-corrected chi connectivity index (χ2v) is 6.82. The summed E-state index contributed by atoms with van der Waals surface area (Å²) >= 11 is 0. The Morgan fingerprint density at radius 2 is 1.85 bits per heavy atom. The molecule has 0 aliphatic carbocycles. The number of aromatic amines is 1. The predicted molar refractivity (Wildman–Crippen MR) is 80.2 cm³/mol. The summed E-state index contributed by atoms with van der Waals surface area (Å²) in [5, 5.41) is 0. The number of H-pyrrole nitrogens is 1. The smallest absolute Gasteiger partial charge is 0.254 e. The SMILES string of the molecule is Cc1nc(C2CC3CCC(C2)N3C)[nH]c(=O)c1C(C)C. The fraction of sp³-hybridized carbons (Fsp3) is 0.750. The highest BCUT2D eigenvalue weighted by molar-refractivity contribution is 5.21. The van der Waals surface area contributed by atoms with Crippen molar-refractivity contribution in [3.8, 4) is 0 Å². The van der Waals surface area contributed by atoms with Gasteiger partial charge in [0.05, 0.1) is 0 Å². The number of hydrogen-bond acceptors (Lipinski definition) is 3. The molecule has 0 aromatic carbocycles. The Morgan fingerprint density at radius 3 is 2.35 bits per heavy atom. The van der Waals surface area contributed by atoms with Gasteiger partial charge in [0.1, 0.15) is 5.82 Å². The van der Waals surface area contributed by atoms with Crippen LogP contribution in [0.5, 0.6) is 0 Å². The first kappa shape index (κ1) is 13.8. The van der Waals surface area contributed by atoms with Gasteiger partial charge in [-0.25, -0.2) is 4.98 Å². The van der Waals surface area contributed by atoms with Gasteiger partial charge in [0, 0.05) is 29.3 Å². The summed E-state index contributed by atoms with van der Waals surface area (Å²) in [7, 11) is 2.24. The summed E-state index contributed by atoms with van der Waals surface area (Å²) in [6, 6.07) is 1.35. The molecule has 4 nitrogen and oxygen atoms in total. The second kappa shape index (κ2) is 4.99. The quantitative estimate of drug-likeness (QED) is 0.902. The zero-order chi connectivity index (χ0) is 14.4. The van der Waals surface area contributed by atoms with Gasteiger partial charge in [-0.15, -0.1) is 0 Å². The van der Waals surface area contributed by atoms with E-state index in [-0.39, 0.29) is 11.5 Å². The van der Waals surface area contributed by atoms with Crippen LogP contribution in [-0.2, 0) is 0 Å². The summed E-state index contributed by atoms with van der Waals surface area (Å²) in [5.41, 5.74) is 1.81. The Labute approximate surface area is 120 Å². The van der Waals surface area contributed by atoms with Crippen molar-refractivity contribution in [2.24, 2.45) is 0 Å². The van der Waals surface area contributed by atoms with E-state index in [0.717, 1.165) is 29.9 Å². The Kier molecular flexibility index (Phi) is 3.44. The van der Waals surface area contributed by atoms with Gasteiger partial charge in [0.25, 0.3) is 5.56 Å². The Balaban J connectivity index is 1.91. The third-order valence-corrected chi connectivity index (χ3v) is 5.23. The lowest BCUT2D eigenvalue weighted by atomic mass is 9.90. The number of piperidine rings is 1. The maximum absolute atomic E-state index is 12.3. The van der Waals surface area contributed by atoms with E-state index < -0.39 is 0 Å². The fourth-order valence-corrected chi connectivity index (χ4v) is 4.12. The lowest BCUT2D eigenvalue weighted by Gasteiger charge is -2.35. The molecule has 0 amide bonds. The van der Waals surface area contributed by atoms with Crippen molar-refractivity contribution < 1.29 is 0 Å². The lowest BCUT2D eigenvalue weighted by molar-refractivity contribution is 0.158. The molecule has 3 heterocycles. The van der Waals surface area contributed by atoms with Crippen molar-refractivity contribution in [2.75, 3.05) is 7.05 Å². The van der Waals surface area contributed by atoms with E-state index in [1.54, 1.807) is 0 Å². The molecule has 2 aliphatic heterocycles. The Hall–Kier alpha value is -1.16. The van der Waals surface area contributed by atoms with Crippen LogP contribution >= 0.6 is 0 Å². The molecule has 2 saturated heterocycles. The minimum absolute atomic E-state index is 0.0637. The van der Waals surface area contributed by atoms with Crippen molar-refractivity contribution in [3.05, 3.63) is 27.4 Å². The summed E-state index contributed by atoms with van der Waals surface area (Å²) in [6.45, 7) is 6.07. The zero-order valence-corrected chi connectivity index (χ0v) is 12.9. The Morgan fingerprint density at radius 1 is 1.25 bits per heavy atom. The third-order valence-electron chi connectivity index (χ3n) is 5.23. The number of fused-ring (bicyclic) bond motifs is 2. The molecule has 1 N–H and O–H groups in total. The lowest BCUT2D eigenvalue weighted by Crippen LogP contribution is -2.40. The van der Waals surface area contributed by atoms with Crippen molar-refractivity contribution in [3.63, 3.8) is 0 Å². The van der Waals surface area contributed by atoms with Gasteiger partial charge >= 0.3 is 0 Å². The molecule has 110 valence electrons. The van der Waals surface area contributed by atoms with Gasteiger partial charge in [0.2, 0.25) is 0 Å². The molecular weight excluding hydrogens is 250 g/mol. The van der Waals surface area contributed by atoms with Crippen LogP contribution < -0.4 is 5.56 Å². The fourth-order valence-electron chi connectivity index (χ4n) is 4.12. The number of nitrogens with one attached hydrogen (secondary N) is 1. The number of nitrogens with zero attached hydrogens (tertiary/aromatic N) is 2. The highest BCUT2D eigenvalue weighted by atomic mass is 16.1. The number of rotatable bonds is 2. The third kappa shape index (κ3) is 2.20. The van der Waals surface area contributed by atoms with Gasteiger partial charge in [-0.05, 0) is 45.6 Å². The van der Waals surface area contributed by atoms with Gasteiger partial charge in [-0.1, -0.05) is 13.8 Å². The van der Waals surface area contributed by atoms with Crippen molar-refractivity contribution in [1.82, 2.24) is 14.9 Å². The highest BCUT2D eigenvalue weighted by Gasteiger charge is 2.39. The van der Waals surface area contributed by atoms with Crippen LogP contribution in [0.4, 0.5) is 0 Å². The van der Waals surface area contributed by atoms with E-state index in [9.17, 15) is 4.79 Å². The van der Waals surface area contributed by atoms with E-state index in [1.807, 2.05) is 6.92 Å². The van der Waals surface area contributed by atoms with Crippen LogP contribution in [-0.4, -0.2) is 34.0 Å². The normalized spacial score (nSPS) is 30.1. The molecule has 0 saturated carbocycles. The average Bonchev–Trinajstić information content (AvgIpc) is 2.61. The molecule has 1 aromatic heterocycles. The molecule has 2 atom stereocenters. The van der Waals surface area contributed by atoms with Gasteiger partial charge in [-0.3, -0.25) is 4.79 Å². The first-order valence-corrected chi connectivity index (χ1v) is 7.80. The van der Waals surface area contributed by atoms with Gasteiger partial charge in [-0.2, -0.15) is 0 Å². The molecule has 3 rings (SSSR count).